The van der Waals surface area contributed by atoms with E-state index in [1.807, 2.05) is 29.3 Å². The number of thioether (sulfide) groups is 1. The van der Waals surface area contributed by atoms with Crippen LogP contribution in [0.4, 0.5) is 11.6 Å². The summed E-state index contributed by atoms with van der Waals surface area (Å²) in [7, 11) is 0. The van der Waals surface area contributed by atoms with E-state index in [2.05, 4.69) is 58.6 Å². The monoisotopic (exact) mass is 423 g/mol. The van der Waals surface area contributed by atoms with Crippen LogP contribution in [0.15, 0.2) is 35.4 Å². The van der Waals surface area contributed by atoms with Crippen molar-refractivity contribution in [3.63, 3.8) is 0 Å². The smallest absolute Gasteiger partial charge is 0.227 e. The van der Waals surface area contributed by atoms with Crippen molar-refractivity contribution in [3.8, 4) is 11.3 Å². The molecule has 0 bridgehead atoms. The van der Waals surface area contributed by atoms with Crippen LogP contribution in [-0.2, 0) is 12.3 Å². The molecule has 1 aromatic carbocycles. The summed E-state index contributed by atoms with van der Waals surface area (Å²) >= 11 is 3.79. The first-order valence-corrected chi connectivity index (χ1v) is 11.8. The Bertz CT molecular complexity index is 1020. The van der Waals surface area contributed by atoms with Crippen LogP contribution >= 0.6 is 23.1 Å². The van der Waals surface area contributed by atoms with Crippen LogP contribution in [0.5, 0.6) is 0 Å². The standard InChI is InChI=1S/C22H25N5S2/c1-14-7-15(2)9-16(8-14)25-22-24-11-19-21(26-22)18-10-17(29-20(18)13-28-19)12-27-5-3-23-4-6-27/h7-11,23H,3-6,12-13H2,1-2H3,(H,24,25,26). The molecule has 1 fully saturated rings. The summed E-state index contributed by atoms with van der Waals surface area (Å²) in [6.45, 7) is 9.69. The van der Waals surface area contributed by atoms with E-state index in [0.29, 0.717) is 5.95 Å². The lowest BCUT2D eigenvalue weighted by molar-refractivity contribution is 0.235. The molecule has 4 heterocycles. The predicted molar refractivity (Wildman–Crippen MR) is 122 cm³/mol. The average molecular weight is 424 g/mol. The van der Waals surface area contributed by atoms with Gasteiger partial charge < -0.3 is 10.6 Å². The minimum Gasteiger partial charge on any atom is -0.324 e. The fraction of sp³-hybridized carbons (Fsp3) is 0.364. The number of benzene rings is 1. The highest BCUT2D eigenvalue weighted by molar-refractivity contribution is 7.98. The zero-order chi connectivity index (χ0) is 19.8. The summed E-state index contributed by atoms with van der Waals surface area (Å²) in [5.41, 5.74) is 5.87. The number of aromatic nitrogens is 2. The van der Waals surface area contributed by atoms with Gasteiger partial charge in [0.25, 0.3) is 0 Å². The molecule has 5 nitrogen and oxygen atoms in total. The van der Waals surface area contributed by atoms with Crippen LogP contribution in [0, 0.1) is 13.8 Å². The molecule has 0 radical (unpaired) electrons. The summed E-state index contributed by atoms with van der Waals surface area (Å²) < 4.78 is 0. The second-order valence-electron chi connectivity index (χ2n) is 7.77. The van der Waals surface area contributed by atoms with E-state index >= 15 is 0 Å². The van der Waals surface area contributed by atoms with E-state index in [1.54, 1.807) is 0 Å². The van der Waals surface area contributed by atoms with Crippen molar-refractivity contribution in [1.29, 1.82) is 0 Å². The van der Waals surface area contributed by atoms with E-state index in [0.717, 1.165) is 49.9 Å². The topological polar surface area (TPSA) is 53.1 Å². The Morgan fingerprint density at radius 2 is 1.90 bits per heavy atom. The van der Waals surface area contributed by atoms with E-state index < -0.39 is 0 Å². The SMILES string of the molecule is Cc1cc(C)cc(Nc2ncc3c(n2)-c2cc(CN4CCNCC4)sc2CS3)c1. The van der Waals surface area contributed by atoms with Crippen molar-refractivity contribution >= 4 is 34.7 Å². The summed E-state index contributed by atoms with van der Waals surface area (Å²) in [5.74, 6) is 1.68. The molecule has 2 aliphatic heterocycles. The number of rotatable bonds is 4. The van der Waals surface area contributed by atoms with E-state index in [4.69, 9.17) is 4.98 Å². The maximum Gasteiger partial charge on any atom is 0.227 e. The lowest BCUT2D eigenvalue weighted by Crippen LogP contribution is -2.42. The van der Waals surface area contributed by atoms with Crippen LogP contribution in [0.3, 0.4) is 0 Å². The van der Waals surface area contributed by atoms with Gasteiger partial charge in [0, 0.05) is 65.7 Å². The maximum absolute atomic E-state index is 4.91. The van der Waals surface area contributed by atoms with Crippen LogP contribution in [-0.4, -0.2) is 41.0 Å². The molecule has 0 spiro atoms. The lowest BCUT2D eigenvalue weighted by Gasteiger charge is -2.26. The van der Waals surface area contributed by atoms with Crippen molar-refractivity contribution in [2.24, 2.45) is 0 Å². The molecule has 0 unspecified atom stereocenters. The van der Waals surface area contributed by atoms with Crippen molar-refractivity contribution in [3.05, 3.63) is 51.3 Å². The van der Waals surface area contributed by atoms with Gasteiger partial charge in [0.05, 0.1) is 10.6 Å². The third-order valence-corrected chi connectivity index (χ3v) is 7.64. The van der Waals surface area contributed by atoms with Gasteiger partial charge in [0.2, 0.25) is 5.95 Å². The largest absolute Gasteiger partial charge is 0.324 e. The van der Waals surface area contributed by atoms with Gasteiger partial charge in [0.1, 0.15) is 0 Å². The molecular weight excluding hydrogens is 398 g/mol. The highest BCUT2D eigenvalue weighted by Crippen LogP contribution is 2.44. The summed E-state index contributed by atoms with van der Waals surface area (Å²) in [6, 6.07) is 8.79. The Labute approximate surface area is 180 Å². The van der Waals surface area contributed by atoms with Crippen molar-refractivity contribution < 1.29 is 0 Å². The lowest BCUT2D eigenvalue weighted by atomic mass is 10.1. The fourth-order valence-corrected chi connectivity index (χ4v) is 6.29. The molecule has 0 aliphatic carbocycles. The molecule has 1 saturated heterocycles. The van der Waals surface area contributed by atoms with Crippen LogP contribution in [0.1, 0.15) is 20.9 Å². The number of fused-ring (bicyclic) bond motifs is 3. The molecule has 2 aliphatic rings. The quantitative estimate of drug-likeness (QED) is 0.641. The number of aryl methyl sites for hydroxylation is 2. The molecule has 0 atom stereocenters. The zero-order valence-corrected chi connectivity index (χ0v) is 18.4. The van der Waals surface area contributed by atoms with Gasteiger partial charge in [-0.3, -0.25) is 4.90 Å². The number of hydrogen-bond acceptors (Lipinski definition) is 7. The summed E-state index contributed by atoms with van der Waals surface area (Å²) in [4.78, 5) is 16.1. The third-order valence-electron chi connectivity index (χ3n) is 5.30. The Kier molecular flexibility index (Phi) is 5.30. The predicted octanol–water partition coefficient (Wildman–Crippen LogP) is 4.58. The minimum absolute atomic E-state index is 0.664. The normalized spacial score (nSPS) is 16.3. The third kappa shape index (κ3) is 4.19. The molecule has 0 saturated carbocycles. The van der Waals surface area contributed by atoms with Crippen molar-refractivity contribution in [2.45, 2.75) is 31.0 Å². The molecule has 0 amide bonds. The first-order valence-electron chi connectivity index (χ1n) is 10.0. The van der Waals surface area contributed by atoms with E-state index in [9.17, 15) is 0 Å². The fourth-order valence-electron chi connectivity index (χ4n) is 4.01. The number of thiophene rings is 1. The van der Waals surface area contributed by atoms with Crippen LogP contribution in [0.25, 0.3) is 11.3 Å². The molecule has 3 aromatic rings. The molecule has 7 heteroatoms. The summed E-state index contributed by atoms with van der Waals surface area (Å²) in [5, 5.41) is 6.83. The van der Waals surface area contributed by atoms with Gasteiger partial charge in [-0.25, -0.2) is 9.97 Å². The van der Waals surface area contributed by atoms with Crippen LogP contribution in [0.2, 0.25) is 0 Å². The number of nitrogens with zero attached hydrogens (tertiary/aromatic N) is 3. The van der Waals surface area contributed by atoms with Gasteiger partial charge in [-0.1, -0.05) is 6.07 Å². The first kappa shape index (κ1) is 19.1. The number of anilines is 2. The van der Waals surface area contributed by atoms with Gasteiger partial charge >= 0.3 is 0 Å². The molecule has 29 heavy (non-hydrogen) atoms. The molecule has 5 rings (SSSR count). The highest BCUT2D eigenvalue weighted by atomic mass is 32.2. The maximum atomic E-state index is 4.91. The number of nitrogens with one attached hydrogen (secondary N) is 2. The Hall–Kier alpha value is -1.93. The second kappa shape index (κ2) is 8.07. The molecule has 2 aromatic heterocycles. The van der Waals surface area contributed by atoms with Gasteiger partial charge in [-0.2, -0.15) is 0 Å². The highest BCUT2D eigenvalue weighted by Gasteiger charge is 2.23. The number of piperazine rings is 1. The van der Waals surface area contributed by atoms with E-state index in [-0.39, 0.29) is 0 Å². The number of hydrogen-bond donors (Lipinski definition) is 2. The molecular formula is C22H25N5S2. The Balaban J connectivity index is 1.41. The molecule has 150 valence electrons. The second-order valence-corrected chi connectivity index (χ2v) is 10.0. The van der Waals surface area contributed by atoms with Crippen molar-refractivity contribution in [2.75, 3.05) is 31.5 Å². The Morgan fingerprint density at radius 1 is 1.10 bits per heavy atom. The first-order chi connectivity index (χ1) is 14.1. The van der Waals surface area contributed by atoms with Crippen molar-refractivity contribution in [1.82, 2.24) is 20.2 Å². The Morgan fingerprint density at radius 3 is 2.69 bits per heavy atom. The minimum atomic E-state index is 0.664. The zero-order valence-electron chi connectivity index (χ0n) is 16.8. The van der Waals surface area contributed by atoms with E-state index in [1.165, 1.54) is 31.3 Å². The van der Waals surface area contributed by atoms with Gasteiger partial charge in [-0.15, -0.1) is 23.1 Å². The van der Waals surface area contributed by atoms with Gasteiger partial charge in [0.15, 0.2) is 0 Å². The summed E-state index contributed by atoms with van der Waals surface area (Å²) in [6.07, 6.45) is 1.97. The van der Waals surface area contributed by atoms with Crippen LogP contribution < -0.4 is 10.6 Å². The molecule has 2 N–H and O–H groups in total. The van der Waals surface area contributed by atoms with Gasteiger partial charge in [-0.05, 0) is 43.2 Å². The average Bonchev–Trinajstić information content (AvgIpc) is 3.11.